The van der Waals surface area contributed by atoms with Crippen molar-refractivity contribution in [3.05, 3.63) is 59.1 Å². The largest absolute Gasteiger partial charge is 0.447 e. The van der Waals surface area contributed by atoms with Gasteiger partial charge in [0.05, 0.1) is 17.9 Å². The maximum Gasteiger partial charge on any atom is 0.416 e. The highest BCUT2D eigenvalue weighted by Crippen LogP contribution is 2.36. The molecule has 1 amide bonds. The lowest BCUT2D eigenvalue weighted by Crippen LogP contribution is -2.57. The molecule has 216 valence electrons. The SMILES string of the molecule is CC[C@@H]1CC(N(Cc2cc(Cl)cc(C(F)(F)F)c2)c2ncc(-c3cn[nH]c3)cn2)C[C@H](CC)N1C(=O)OC(C)C. The molecule has 40 heavy (non-hydrogen) atoms. The summed E-state index contributed by atoms with van der Waals surface area (Å²) in [6.07, 6.45) is 4.16. The van der Waals surface area contributed by atoms with E-state index in [2.05, 4.69) is 20.2 Å². The van der Waals surface area contributed by atoms with Crippen molar-refractivity contribution in [3.63, 3.8) is 0 Å². The van der Waals surface area contributed by atoms with Gasteiger partial charge in [0.2, 0.25) is 5.95 Å². The number of carbonyl (C=O) groups excluding carboxylic acids is 1. The number of carbonyl (C=O) groups is 1. The van der Waals surface area contributed by atoms with Crippen LogP contribution in [-0.4, -0.2) is 55.4 Å². The molecule has 1 aliphatic heterocycles. The molecule has 0 saturated carbocycles. The molecule has 0 radical (unpaired) electrons. The molecule has 0 bridgehead atoms. The molecular formula is C28H34ClF3N6O2. The first-order valence-electron chi connectivity index (χ1n) is 13.4. The van der Waals surface area contributed by atoms with Crippen molar-refractivity contribution in [2.75, 3.05) is 4.90 Å². The second-order valence-corrected chi connectivity index (χ2v) is 10.8. The predicted octanol–water partition coefficient (Wildman–Crippen LogP) is 7.11. The van der Waals surface area contributed by atoms with E-state index in [1.807, 2.05) is 37.5 Å². The number of rotatable bonds is 8. The van der Waals surface area contributed by atoms with Gasteiger partial charge in [-0.2, -0.15) is 18.3 Å². The second kappa shape index (κ2) is 12.4. The molecule has 1 aromatic carbocycles. The number of benzene rings is 1. The van der Waals surface area contributed by atoms with Crippen LogP contribution in [0.1, 0.15) is 64.5 Å². The fourth-order valence-corrected chi connectivity index (χ4v) is 5.54. The Labute approximate surface area is 236 Å². The summed E-state index contributed by atoms with van der Waals surface area (Å²) in [6.45, 7) is 7.78. The second-order valence-electron chi connectivity index (χ2n) is 10.3. The van der Waals surface area contributed by atoms with Gasteiger partial charge in [0.25, 0.3) is 0 Å². The molecule has 4 rings (SSSR count). The first-order valence-corrected chi connectivity index (χ1v) is 13.8. The number of ether oxygens (including phenoxy) is 1. The molecule has 3 atom stereocenters. The summed E-state index contributed by atoms with van der Waals surface area (Å²) in [5, 5.41) is 6.72. The number of aromatic nitrogens is 4. The lowest BCUT2D eigenvalue weighted by atomic mass is 9.87. The third kappa shape index (κ3) is 6.86. The van der Waals surface area contributed by atoms with Crippen molar-refractivity contribution in [2.24, 2.45) is 0 Å². The minimum Gasteiger partial charge on any atom is -0.447 e. The molecule has 1 fully saturated rings. The molecule has 8 nitrogen and oxygen atoms in total. The summed E-state index contributed by atoms with van der Waals surface area (Å²) in [6, 6.07) is 3.19. The van der Waals surface area contributed by atoms with Crippen molar-refractivity contribution >= 4 is 23.6 Å². The maximum atomic E-state index is 13.6. The van der Waals surface area contributed by atoms with Crippen LogP contribution in [0.3, 0.4) is 0 Å². The highest BCUT2D eigenvalue weighted by Gasteiger charge is 2.41. The van der Waals surface area contributed by atoms with E-state index < -0.39 is 11.7 Å². The van der Waals surface area contributed by atoms with Gasteiger partial charge in [-0.25, -0.2) is 14.8 Å². The molecule has 1 aliphatic rings. The van der Waals surface area contributed by atoms with Gasteiger partial charge >= 0.3 is 12.3 Å². The number of amides is 1. The van der Waals surface area contributed by atoms with Crippen LogP contribution >= 0.6 is 11.6 Å². The number of hydrogen-bond donors (Lipinski definition) is 1. The zero-order valence-corrected chi connectivity index (χ0v) is 23.7. The number of aromatic amines is 1. The smallest absolute Gasteiger partial charge is 0.416 e. The number of H-pyrrole nitrogens is 1. The van der Waals surface area contributed by atoms with Gasteiger partial charge in [-0.1, -0.05) is 25.4 Å². The lowest BCUT2D eigenvalue weighted by Gasteiger charge is -2.47. The van der Waals surface area contributed by atoms with Gasteiger partial charge in [-0.15, -0.1) is 0 Å². The highest BCUT2D eigenvalue weighted by molar-refractivity contribution is 6.30. The maximum absolute atomic E-state index is 13.6. The van der Waals surface area contributed by atoms with Crippen LogP contribution in [0.15, 0.2) is 43.0 Å². The van der Waals surface area contributed by atoms with E-state index in [9.17, 15) is 18.0 Å². The molecule has 2 aromatic heterocycles. The van der Waals surface area contributed by atoms with Crippen LogP contribution in [0, 0.1) is 0 Å². The lowest BCUT2D eigenvalue weighted by molar-refractivity contribution is -0.137. The van der Waals surface area contributed by atoms with E-state index in [0.29, 0.717) is 37.2 Å². The average Bonchev–Trinajstić information content (AvgIpc) is 3.45. The Morgan fingerprint density at radius 2 is 1.75 bits per heavy atom. The minimum atomic E-state index is -4.53. The molecule has 3 aromatic rings. The Morgan fingerprint density at radius 3 is 2.27 bits per heavy atom. The molecule has 0 aliphatic carbocycles. The number of nitrogens with one attached hydrogen (secondary N) is 1. The molecule has 3 heterocycles. The van der Waals surface area contributed by atoms with Crippen LogP contribution in [0.4, 0.5) is 23.9 Å². The van der Waals surface area contributed by atoms with E-state index in [4.69, 9.17) is 16.3 Å². The number of halogens is 4. The van der Waals surface area contributed by atoms with Crippen molar-refractivity contribution in [2.45, 2.75) is 90.3 Å². The number of likely N-dealkylation sites (tertiary alicyclic amines) is 1. The van der Waals surface area contributed by atoms with Crippen LogP contribution in [0.2, 0.25) is 5.02 Å². The molecule has 1 saturated heterocycles. The monoisotopic (exact) mass is 578 g/mol. The molecular weight excluding hydrogens is 545 g/mol. The zero-order chi connectivity index (χ0) is 29.0. The van der Waals surface area contributed by atoms with Gasteiger partial charge in [0, 0.05) is 59.4 Å². The molecule has 1 N–H and O–H groups in total. The van der Waals surface area contributed by atoms with Crippen molar-refractivity contribution in [3.8, 4) is 11.1 Å². The molecule has 0 spiro atoms. The van der Waals surface area contributed by atoms with Crippen LogP contribution in [0.5, 0.6) is 0 Å². The molecule has 1 unspecified atom stereocenters. The summed E-state index contributed by atoms with van der Waals surface area (Å²) in [5.41, 5.74) is 1.15. The van der Waals surface area contributed by atoms with Gasteiger partial charge in [-0.3, -0.25) is 5.10 Å². The van der Waals surface area contributed by atoms with E-state index >= 15 is 0 Å². The van der Waals surface area contributed by atoms with Crippen LogP contribution < -0.4 is 4.90 Å². The number of nitrogens with zero attached hydrogens (tertiary/aromatic N) is 5. The van der Waals surface area contributed by atoms with Crippen molar-refractivity contribution < 1.29 is 22.7 Å². The Morgan fingerprint density at radius 1 is 1.10 bits per heavy atom. The fourth-order valence-electron chi connectivity index (χ4n) is 5.28. The van der Waals surface area contributed by atoms with Gasteiger partial charge < -0.3 is 14.5 Å². The number of hydrogen-bond acceptors (Lipinski definition) is 6. The van der Waals surface area contributed by atoms with Crippen molar-refractivity contribution in [1.29, 1.82) is 0 Å². The fraction of sp³-hybridized carbons (Fsp3) is 0.500. The Balaban J connectivity index is 1.70. The Kier molecular flexibility index (Phi) is 9.22. The summed E-state index contributed by atoms with van der Waals surface area (Å²) in [5.74, 6) is 0.383. The van der Waals surface area contributed by atoms with E-state index in [1.54, 1.807) is 24.8 Å². The van der Waals surface area contributed by atoms with E-state index in [1.165, 1.54) is 6.07 Å². The summed E-state index contributed by atoms with van der Waals surface area (Å²) >= 11 is 6.12. The Hall–Kier alpha value is -3.34. The standard InChI is InChI=1S/C28H34ClF3N6O2/c1-5-23-10-25(11-24(6-2)38(23)27(39)40-17(3)4)37(16-18-7-21(28(30,31)32)9-22(29)8-18)26-33-12-19(13-34-26)20-14-35-36-15-20/h7-9,12-15,17,23-25H,5-6,10-11,16H2,1-4H3,(H,35,36)/t23-,24+,25?. The predicted molar refractivity (Wildman–Crippen MR) is 147 cm³/mol. The summed E-state index contributed by atoms with van der Waals surface area (Å²) in [4.78, 5) is 26.0. The van der Waals surface area contributed by atoms with Gasteiger partial charge in [0.15, 0.2) is 0 Å². The van der Waals surface area contributed by atoms with E-state index in [0.717, 1.165) is 23.3 Å². The molecule has 12 heteroatoms. The third-order valence-corrected chi connectivity index (χ3v) is 7.39. The van der Waals surface area contributed by atoms with Gasteiger partial charge in [-0.05, 0) is 63.3 Å². The number of alkyl halides is 3. The Bertz CT molecular complexity index is 1260. The van der Waals surface area contributed by atoms with Gasteiger partial charge in [0.1, 0.15) is 0 Å². The third-order valence-electron chi connectivity index (χ3n) is 7.17. The highest BCUT2D eigenvalue weighted by atomic mass is 35.5. The van der Waals surface area contributed by atoms with Crippen LogP contribution in [0.25, 0.3) is 11.1 Å². The normalized spacial score (nSPS) is 19.6. The average molecular weight is 579 g/mol. The van der Waals surface area contributed by atoms with Crippen molar-refractivity contribution in [1.82, 2.24) is 25.1 Å². The first-order chi connectivity index (χ1) is 19.0. The van der Waals surface area contributed by atoms with E-state index in [-0.39, 0.29) is 41.9 Å². The minimum absolute atomic E-state index is 0.00474. The zero-order valence-electron chi connectivity index (χ0n) is 23.0. The number of piperidine rings is 1. The summed E-state index contributed by atoms with van der Waals surface area (Å²) in [7, 11) is 0. The van der Waals surface area contributed by atoms with Crippen LogP contribution in [-0.2, 0) is 17.5 Å². The topological polar surface area (TPSA) is 87.2 Å². The first kappa shape index (κ1) is 29.6. The number of anilines is 1. The summed E-state index contributed by atoms with van der Waals surface area (Å²) < 4.78 is 46.3. The quantitative estimate of drug-likeness (QED) is 0.306.